The van der Waals surface area contributed by atoms with Crippen LogP contribution in [-0.2, 0) is 6.42 Å². The van der Waals surface area contributed by atoms with Crippen LogP contribution in [0.1, 0.15) is 12.5 Å². The van der Waals surface area contributed by atoms with Crippen LogP contribution in [-0.4, -0.2) is 35.2 Å². The first-order chi connectivity index (χ1) is 9.72. The minimum absolute atomic E-state index is 0.438. The summed E-state index contributed by atoms with van der Waals surface area (Å²) in [6.07, 6.45) is 5.95. The number of nitrogens with zero attached hydrogens (tertiary/aromatic N) is 4. The number of anilines is 2. The lowest BCUT2D eigenvalue weighted by molar-refractivity contribution is 0.328. The van der Waals surface area contributed by atoms with E-state index in [9.17, 15) is 0 Å². The molecular formula is C14H19N5O. The van der Waals surface area contributed by atoms with E-state index in [0.29, 0.717) is 24.0 Å². The summed E-state index contributed by atoms with van der Waals surface area (Å²) < 4.78 is 5.38. The fourth-order valence-corrected chi connectivity index (χ4v) is 1.88. The molecule has 2 aromatic rings. The van der Waals surface area contributed by atoms with Gasteiger partial charge in [0.1, 0.15) is 12.0 Å². The van der Waals surface area contributed by atoms with Gasteiger partial charge in [-0.05, 0) is 31.0 Å². The molecule has 20 heavy (non-hydrogen) atoms. The number of pyridine rings is 1. The largest absolute Gasteiger partial charge is 0.476 e. The van der Waals surface area contributed by atoms with E-state index < -0.39 is 0 Å². The molecule has 2 heterocycles. The van der Waals surface area contributed by atoms with E-state index >= 15 is 0 Å². The zero-order valence-electron chi connectivity index (χ0n) is 11.8. The first kappa shape index (κ1) is 14.0. The molecule has 6 heteroatoms. The lowest BCUT2D eigenvalue weighted by Crippen LogP contribution is -2.23. The molecule has 0 fully saturated rings. The molecule has 0 aliphatic carbocycles. The molecule has 0 saturated carbocycles. The van der Waals surface area contributed by atoms with Crippen LogP contribution in [0.2, 0.25) is 0 Å². The fourth-order valence-electron chi connectivity index (χ4n) is 1.88. The third-order valence-electron chi connectivity index (χ3n) is 2.95. The lowest BCUT2D eigenvalue weighted by atomic mass is 10.2. The Morgan fingerprint density at radius 3 is 2.70 bits per heavy atom. The fraction of sp³-hybridized carbons (Fsp3) is 0.357. The molecule has 0 unspecified atom stereocenters. The minimum Gasteiger partial charge on any atom is -0.476 e. The monoisotopic (exact) mass is 273 g/mol. The smallest absolute Gasteiger partial charge is 0.242 e. The van der Waals surface area contributed by atoms with Crippen LogP contribution in [0.25, 0.3) is 0 Å². The predicted molar refractivity (Wildman–Crippen MR) is 78.8 cm³/mol. The summed E-state index contributed by atoms with van der Waals surface area (Å²) in [6, 6.07) is 4.01. The van der Waals surface area contributed by atoms with Crippen molar-refractivity contribution >= 4 is 11.5 Å². The Hall–Kier alpha value is -2.37. The molecule has 2 N–H and O–H groups in total. The standard InChI is InChI=1S/C14H19N5O/c1-3-20-14-12(15)13(17-10-18-14)19(2)9-6-11-4-7-16-8-5-11/h4-5,7-8,10H,3,6,9,15H2,1-2H3. The molecule has 0 amide bonds. The van der Waals surface area contributed by atoms with Gasteiger partial charge >= 0.3 is 0 Å². The number of likely N-dealkylation sites (N-methyl/N-ethyl adjacent to an activating group) is 1. The van der Waals surface area contributed by atoms with Gasteiger partial charge in [0.25, 0.3) is 0 Å². The van der Waals surface area contributed by atoms with Crippen molar-refractivity contribution in [2.75, 3.05) is 30.8 Å². The second-order valence-electron chi connectivity index (χ2n) is 4.38. The maximum atomic E-state index is 6.04. The van der Waals surface area contributed by atoms with E-state index in [1.807, 2.05) is 31.0 Å². The summed E-state index contributed by atoms with van der Waals surface area (Å²) in [6.45, 7) is 3.23. The van der Waals surface area contributed by atoms with Crippen LogP contribution in [0.15, 0.2) is 30.9 Å². The van der Waals surface area contributed by atoms with Crippen molar-refractivity contribution in [1.29, 1.82) is 0 Å². The number of hydrogen-bond acceptors (Lipinski definition) is 6. The third kappa shape index (κ3) is 3.34. The Bertz CT molecular complexity index is 547. The average molecular weight is 273 g/mol. The highest BCUT2D eigenvalue weighted by molar-refractivity contribution is 5.67. The van der Waals surface area contributed by atoms with E-state index in [1.54, 1.807) is 12.4 Å². The van der Waals surface area contributed by atoms with Gasteiger partial charge in [0.15, 0.2) is 5.82 Å². The van der Waals surface area contributed by atoms with Crippen molar-refractivity contribution < 1.29 is 4.74 Å². The molecule has 0 radical (unpaired) electrons. The summed E-state index contributed by atoms with van der Waals surface area (Å²) in [7, 11) is 1.95. The number of nitrogen functional groups attached to an aromatic ring is 1. The normalized spacial score (nSPS) is 10.3. The molecule has 0 bridgehead atoms. The van der Waals surface area contributed by atoms with E-state index in [-0.39, 0.29) is 0 Å². The second-order valence-corrected chi connectivity index (χ2v) is 4.38. The number of rotatable bonds is 6. The van der Waals surface area contributed by atoms with Gasteiger partial charge in [-0.2, -0.15) is 4.98 Å². The van der Waals surface area contributed by atoms with Gasteiger partial charge in [0.05, 0.1) is 6.61 Å². The van der Waals surface area contributed by atoms with E-state index in [2.05, 4.69) is 15.0 Å². The van der Waals surface area contributed by atoms with Crippen molar-refractivity contribution in [2.45, 2.75) is 13.3 Å². The molecule has 2 aromatic heterocycles. The molecule has 0 aliphatic rings. The van der Waals surface area contributed by atoms with Crippen molar-refractivity contribution in [2.24, 2.45) is 0 Å². The zero-order chi connectivity index (χ0) is 14.4. The van der Waals surface area contributed by atoms with E-state index in [1.165, 1.54) is 11.9 Å². The van der Waals surface area contributed by atoms with Crippen LogP contribution in [0.5, 0.6) is 5.88 Å². The molecule has 0 aliphatic heterocycles. The molecule has 0 aromatic carbocycles. The first-order valence-corrected chi connectivity index (χ1v) is 6.55. The van der Waals surface area contributed by atoms with Crippen LogP contribution >= 0.6 is 0 Å². The van der Waals surface area contributed by atoms with Crippen molar-refractivity contribution in [3.05, 3.63) is 36.4 Å². The predicted octanol–water partition coefficient (Wildman–Crippen LogP) is 1.53. The highest BCUT2D eigenvalue weighted by atomic mass is 16.5. The van der Waals surface area contributed by atoms with Crippen molar-refractivity contribution in [3.8, 4) is 5.88 Å². The van der Waals surface area contributed by atoms with Crippen LogP contribution in [0.3, 0.4) is 0 Å². The van der Waals surface area contributed by atoms with Gasteiger partial charge in [-0.3, -0.25) is 4.98 Å². The lowest BCUT2D eigenvalue weighted by Gasteiger charge is -2.20. The Morgan fingerprint density at radius 1 is 1.25 bits per heavy atom. The molecule has 0 saturated heterocycles. The van der Waals surface area contributed by atoms with Crippen molar-refractivity contribution in [3.63, 3.8) is 0 Å². The Kier molecular flexibility index (Phi) is 4.70. The van der Waals surface area contributed by atoms with Gasteiger partial charge in [-0.15, -0.1) is 0 Å². The Morgan fingerprint density at radius 2 is 2.00 bits per heavy atom. The van der Waals surface area contributed by atoms with Gasteiger partial charge in [0.2, 0.25) is 5.88 Å². The molecule has 2 rings (SSSR count). The average Bonchev–Trinajstić information content (AvgIpc) is 2.48. The highest BCUT2D eigenvalue weighted by Gasteiger charge is 2.12. The minimum atomic E-state index is 0.438. The Labute approximate surface area is 118 Å². The van der Waals surface area contributed by atoms with Crippen LogP contribution in [0.4, 0.5) is 11.5 Å². The Balaban J connectivity index is 2.05. The SMILES string of the molecule is CCOc1ncnc(N(C)CCc2ccncc2)c1N. The van der Waals surface area contributed by atoms with Gasteiger partial charge < -0.3 is 15.4 Å². The number of ether oxygens (including phenoxy) is 1. The van der Waals surface area contributed by atoms with E-state index in [0.717, 1.165) is 13.0 Å². The number of hydrogen-bond donors (Lipinski definition) is 1. The van der Waals surface area contributed by atoms with Gasteiger partial charge in [0, 0.05) is 26.0 Å². The molecule has 0 spiro atoms. The number of nitrogens with two attached hydrogens (primary N) is 1. The summed E-state index contributed by atoms with van der Waals surface area (Å²) in [5.74, 6) is 1.13. The number of aromatic nitrogens is 3. The van der Waals surface area contributed by atoms with Gasteiger partial charge in [-0.25, -0.2) is 4.98 Å². The quantitative estimate of drug-likeness (QED) is 0.860. The molecule has 106 valence electrons. The summed E-state index contributed by atoms with van der Waals surface area (Å²) in [4.78, 5) is 14.3. The van der Waals surface area contributed by atoms with E-state index in [4.69, 9.17) is 10.5 Å². The summed E-state index contributed by atoms with van der Waals surface area (Å²) in [5, 5.41) is 0. The van der Waals surface area contributed by atoms with Crippen LogP contribution in [0, 0.1) is 0 Å². The summed E-state index contributed by atoms with van der Waals surface area (Å²) >= 11 is 0. The maximum Gasteiger partial charge on any atom is 0.242 e. The molecule has 0 atom stereocenters. The second kappa shape index (κ2) is 6.70. The van der Waals surface area contributed by atoms with Gasteiger partial charge in [-0.1, -0.05) is 0 Å². The molecular weight excluding hydrogens is 254 g/mol. The molecule has 6 nitrogen and oxygen atoms in total. The highest BCUT2D eigenvalue weighted by Crippen LogP contribution is 2.26. The third-order valence-corrected chi connectivity index (χ3v) is 2.95. The summed E-state index contributed by atoms with van der Waals surface area (Å²) in [5.41, 5.74) is 7.74. The maximum absolute atomic E-state index is 6.04. The van der Waals surface area contributed by atoms with Crippen molar-refractivity contribution in [1.82, 2.24) is 15.0 Å². The van der Waals surface area contributed by atoms with Crippen LogP contribution < -0.4 is 15.4 Å². The first-order valence-electron chi connectivity index (χ1n) is 6.55. The zero-order valence-corrected chi connectivity index (χ0v) is 11.8. The topological polar surface area (TPSA) is 77.2 Å².